The highest BCUT2D eigenvalue weighted by Crippen LogP contribution is 2.53. The standard InChI is InChI=1S/C71H42N8/c72-43-55-66(75-56-32-10-1-21-44(56)45-22-2-11-33-57(45)75)68(77-60-36-14-5-25-48(60)49-26-6-15-37-61(49)77)65(54-29-9-18-40-64(54)79-70-52(30-19-41-73-70)53-31-20-42-74-71(53)79)69(78-62-38-16-7-27-50(62)51-28-8-17-39-63(51)78)67(55)76-58-34-12-3-23-46(58)47-24-4-13-35-59(47)76/h1-42H. The van der Waals surface area contributed by atoms with E-state index in [0.29, 0.717) is 5.56 Å². The maximum Gasteiger partial charge on any atom is 0.146 e. The summed E-state index contributed by atoms with van der Waals surface area (Å²) in [6.07, 6.45) is 3.74. The van der Waals surface area contributed by atoms with Crippen molar-refractivity contribution >= 4 is 109 Å². The van der Waals surface area contributed by atoms with E-state index in [0.717, 1.165) is 149 Å². The first-order valence-electron chi connectivity index (χ1n) is 26.6. The van der Waals surface area contributed by atoms with Crippen LogP contribution in [0.15, 0.2) is 255 Å². The smallest absolute Gasteiger partial charge is 0.146 e. The molecule has 8 nitrogen and oxygen atoms in total. The molecule has 7 heterocycles. The molecule has 17 rings (SSSR count). The predicted molar refractivity (Wildman–Crippen MR) is 324 cm³/mol. The van der Waals surface area contributed by atoms with Crippen molar-refractivity contribution in [3.05, 3.63) is 261 Å². The molecule has 0 saturated heterocycles. The minimum atomic E-state index is 0.508. The second kappa shape index (κ2) is 16.5. The molecule has 8 heteroatoms. The molecule has 366 valence electrons. The van der Waals surface area contributed by atoms with Gasteiger partial charge >= 0.3 is 0 Å². The van der Waals surface area contributed by atoms with Crippen molar-refractivity contribution in [2.75, 3.05) is 0 Å². The summed E-state index contributed by atoms with van der Waals surface area (Å²) in [5, 5.41) is 23.7. The highest BCUT2D eigenvalue weighted by atomic mass is 15.1. The van der Waals surface area contributed by atoms with Crippen molar-refractivity contribution in [1.82, 2.24) is 32.8 Å². The maximum absolute atomic E-state index is 13.0. The largest absolute Gasteiger partial charge is 0.306 e. The van der Waals surface area contributed by atoms with E-state index in [1.165, 1.54) is 0 Å². The first-order valence-corrected chi connectivity index (χ1v) is 26.6. The fraction of sp³-hybridized carbons (Fsp3) is 0. The summed E-state index contributed by atoms with van der Waals surface area (Å²) in [4.78, 5) is 10.4. The van der Waals surface area contributed by atoms with Crippen molar-refractivity contribution in [3.63, 3.8) is 0 Å². The highest BCUT2D eigenvalue weighted by Gasteiger charge is 2.36. The third kappa shape index (κ3) is 5.85. The number of rotatable bonds is 6. The van der Waals surface area contributed by atoms with Gasteiger partial charge in [-0.2, -0.15) is 5.26 Å². The van der Waals surface area contributed by atoms with Gasteiger partial charge in [0.25, 0.3) is 0 Å². The van der Waals surface area contributed by atoms with Crippen molar-refractivity contribution in [3.8, 4) is 45.6 Å². The molecule has 0 aliphatic heterocycles. The third-order valence-corrected chi connectivity index (χ3v) is 16.4. The number of benzene rings is 10. The Balaban J connectivity index is 1.24. The quantitative estimate of drug-likeness (QED) is 0.167. The zero-order chi connectivity index (χ0) is 51.9. The maximum atomic E-state index is 13.0. The molecule has 0 aliphatic carbocycles. The number of para-hydroxylation sites is 9. The van der Waals surface area contributed by atoms with Crippen LogP contribution in [0.5, 0.6) is 0 Å². The van der Waals surface area contributed by atoms with E-state index < -0.39 is 0 Å². The van der Waals surface area contributed by atoms with Gasteiger partial charge in [-0.05, 0) is 78.9 Å². The molecule has 0 fully saturated rings. The Kier molecular flexibility index (Phi) is 9.03. The number of hydrogen-bond acceptors (Lipinski definition) is 3. The second-order valence-corrected chi connectivity index (χ2v) is 20.3. The van der Waals surface area contributed by atoms with E-state index in [4.69, 9.17) is 9.97 Å². The van der Waals surface area contributed by atoms with Crippen molar-refractivity contribution < 1.29 is 0 Å². The molecule has 0 atom stereocenters. The van der Waals surface area contributed by atoms with Crippen molar-refractivity contribution in [2.45, 2.75) is 0 Å². The number of hydrogen-bond donors (Lipinski definition) is 0. The molecule has 0 amide bonds. The first kappa shape index (κ1) is 43.3. The van der Waals surface area contributed by atoms with Crippen LogP contribution in [0.25, 0.3) is 149 Å². The Morgan fingerprint density at radius 3 is 0.848 bits per heavy atom. The minimum absolute atomic E-state index is 0.508. The lowest BCUT2D eigenvalue weighted by molar-refractivity contribution is 1.03. The highest BCUT2D eigenvalue weighted by molar-refractivity contribution is 6.18. The van der Waals surface area contributed by atoms with Crippen LogP contribution < -0.4 is 0 Å². The Morgan fingerprint density at radius 1 is 0.266 bits per heavy atom. The normalized spacial score (nSPS) is 12.0. The van der Waals surface area contributed by atoms with Crippen LogP contribution in [-0.4, -0.2) is 32.8 Å². The monoisotopic (exact) mass is 1010 g/mol. The molecular weight excluding hydrogens is 965 g/mol. The van der Waals surface area contributed by atoms with E-state index in [1.807, 2.05) is 24.5 Å². The summed E-state index contributed by atoms with van der Waals surface area (Å²) < 4.78 is 11.9. The van der Waals surface area contributed by atoms with Gasteiger partial charge in [0.15, 0.2) is 0 Å². The van der Waals surface area contributed by atoms with Crippen molar-refractivity contribution in [2.24, 2.45) is 0 Å². The van der Waals surface area contributed by atoms with Crippen LogP contribution in [0.2, 0.25) is 0 Å². The molecule has 0 saturated carbocycles. The Hall–Kier alpha value is -11.0. The van der Waals surface area contributed by atoms with E-state index in [1.54, 1.807) is 0 Å². The van der Waals surface area contributed by atoms with Crippen LogP contribution in [0.4, 0.5) is 0 Å². The molecule has 7 aromatic heterocycles. The van der Waals surface area contributed by atoms with Gasteiger partial charge in [0.2, 0.25) is 0 Å². The number of fused-ring (bicyclic) bond motifs is 15. The SMILES string of the molecule is N#Cc1c(-n2c3ccccc3c3ccccc32)c(-n2c3ccccc3c3ccccc32)c(-c2ccccc2-n2c3ncccc3c3cccnc32)c(-n2c3ccccc3c3ccccc32)c1-n1c2ccccc2c2ccccc21. The summed E-state index contributed by atoms with van der Waals surface area (Å²) in [5.74, 6) is 0. The predicted octanol–water partition coefficient (Wildman–Crippen LogP) is 17.5. The van der Waals surface area contributed by atoms with Gasteiger partial charge in [-0.25, -0.2) is 9.97 Å². The van der Waals surface area contributed by atoms with E-state index in [9.17, 15) is 5.26 Å². The van der Waals surface area contributed by atoms with E-state index >= 15 is 0 Å². The lowest BCUT2D eigenvalue weighted by Gasteiger charge is -2.30. The fourth-order valence-corrected chi connectivity index (χ4v) is 13.4. The average molecular weight is 1010 g/mol. The summed E-state index contributed by atoms with van der Waals surface area (Å²) >= 11 is 0. The zero-order valence-corrected chi connectivity index (χ0v) is 42.3. The molecule has 0 N–H and O–H groups in total. The van der Waals surface area contributed by atoms with Gasteiger partial charge in [-0.3, -0.25) is 4.57 Å². The number of nitriles is 1. The lowest BCUT2D eigenvalue weighted by atomic mass is 9.92. The summed E-state index contributed by atoms with van der Waals surface area (Å²) in [6.45, 7) is 0. The van der Waals surface area contributed by atoms with Crippen molar-refractivity contribution in [1.29, 1.82) is 5.26 Å². The lowest BCUT2D eigenvalue weighted by Crippen LogP contribution is -2.17. The molecule has 10 aromatic carbocycles. The Bertz CT molecular complexity index is 4960. The van der Waals surface area contributed by atoms with Crippen LogP contribution in [0, 0.1) is 11.3 Å². The molecule has 0 aliphatic rings. The van der Waals surface area contributed by atoms with Gasteiger partial charge in [0, 0.05) is 77.4 Å². The number of aromatic nitrogens is 7. The fourth-order valence-electron chi connectivity index (χ4n) is 13.4. The summed E-state index contributed by atoms with van der Waals surface area (Å²) in [5.41, 5.74) is 15.9. The van der Waals surface area contributed by atoms with Gasteiger partial charge in [-0.1, -0.05) is 164 Å². The van der Waals surface area contributed by atoms with Gasteiger partial charge < -0.3 is 18.3 Å². The Morgan fingerprint density at radius 2 is 0.532 bits per heavy atom. The summed E-state index contributed by atoms with van der Waals surface area (Å²) in [6, 6.07) is 89.5. The molecule has 0 spiro atoms. The minimum Gasteiger partial charge on any atom is -0.306 e. The summed E-state index contributed by atoms with van der Waals surface area (Å²) in [7, 11) is 0. The van der Waals surface area contributed by atoms with Gasteiger partial charge in [-0.15, -0.1) is 0 Å². The van der Waals surface area contributed by atoms with E-state index in [-0.39, 0.29) is 0 Å². The second-order valence-electron chi connectivity index (χ2n) is 20.3. The number of nitrogens with zero attached hydrogens (tertiary/aromatic N) is 8. The molecule has 0 bridgehead atoms. The van der Waals surface area contributed by atoms with Gasteiger partial charge in [0.1, 0.15) is 22.9 Å². The average Bonchev–Trinajstić information content (AvgIpc) is 3.32. The Labute approximate surface area is 451 Å². The van der Waals surface area contributed by atoms with Crippen LogP contribution >= 0.6 is 0 Å². The molecule has 0 radical (unpaired) electrons. The van der Waals surface area contributed by atoms with Gasteiger partial charge in [0.05, 0.1) is 72.6 Å². The molecule has 79 heavy (non-hydrogen) atoms. The molecule has 17 aromatic rings. The number of pyridine rings is 2. The van der Waals surface area contributed by atoms with E-state index in [2.05, 4.69) is 259 Å². The topological polar surface area (TPSA) is 74.2 Å². The third-order valence-electron chi connectivity index (χ3n) is 16.4. The first-order chi connectivity index (χ1) is 39.3. The van der Waals surface area contributed by atoms with Crippen LogP contribution in [-0.2, 0) is 0 Å². The molecule has 0 unspecified atom stereocenters. The molecular formula is C71H42N8. The zero-order valence-electron chi connectivity index (χ0n) is 42.3. The van der Waals surface area contributed by atoms with Crippen LogP contribution in [0.1, 0.15) is 5.56 Å². The van der Waals surface area contributed by atoms with Crippen LogP contribution in [0.3, 0.4) is 0 Å².